The standard InChI is InChI=1S/C15H25N3O2S/c1-16-11-13-7-3-4-9-15(13)21(19,20)17-12-14-8-5-6-10-18(14)2/h3-4,7,9,14,16-17H,5-6,8,10-12H2,1-2H3. The monoisotopic (exact) mass is 311 g/mol. The minimum absolute atomic E-state index is 0.296. The van der Waals surface area contributed by atoms with Gasteiger partial charge in [0.25, 0.3) is 0 Å². The number of nitrogens with one attached hydrogen (secondary N) is 2. The lowest BCUT2D eigenvalue weighted by Gasteiger charge is -2.32. The fourth-order valence-electron chi connectivity index (χ4n) is 2.79. The molecule has 1 fully saturated rings. The van der Waals surface area contributed by atoms with Crippen LogP contribution in [-0.2, 0) is 16.6 Å². The molecule has 1 aliphatic rings. The second kappa shape index (κ2) is 7.35. The first-order valence-corrected chi connectivity index (χ1v) is 8.95. The summed E-state index contributed by atoms with van der Waals surface area (Å²) in [5.74, 6) is 0. The van der Waals surface area contributed by atoms with Crippen LogP contribution in [0.1, 0.15) is 24.8 Å². The summed E-state index contributed by atoms with van der Waals surface area (Å²) in [5.41, 5.74) is 0.796. The van der Waals surface area contributed by atoms with Crippen molar-refractivity contribution in [1.82, 2.24) is 14.9 Å². The van der Waals surface area contributed by atoms with Gasteiger partial charge in [-0.2, -0.15) is 0 Å². The van der Waals surface area contributed by atoms with Crippen molar-refractivity contribution >= 4 is 10.0 Å². The first kappa shape index (κ1) is 16.4. The molecule has 2 N–H and O–H groups in total. The van der Waals surface area contributed by atoms with Gasteiger partial charge in [0, 0.05) is 19.1 Å². The Hall–Kier alpha value is -0.950. The second-order valence-electron chi connectivity index (χ2n) is 5.62. The van der Waals surface area contributed by atoms with Crippen molar-refractivity contribution in [2.75, 3.05) is 27.2 Å². The molecule has 1 heterocycles. The SMILES string of the molecule is CNCc1ccccc1S(=O)(=O)NCC1CCCCN1C. The van der Waals surface area contributed by atoms with Gasteiger partial charge in [0.05, 0.1) is 4.90 Å². The molecule has 0 saturated carbocycles. The third kappa shape index (κ3) is 4.26. The molecule has 0 aromatic heterocycles. The molecule has 1 saturated heterocycles. The summed E-state index contributed by atoms with van der Waals surface area (Å²) in [4.78, 5) is 2.61. The average molecular weight is 311 g/mol. The highest BCUT2D eigenvalue weighted by Gasteiger charge is 2.23. The van der Waals surface area contributed by atoms with Crippen molar-refractivity contribution in [2.24, 2.45) is 0 Å². The van der Waals surface area contributed by atoms with Crippen LogP contribution in [0.3, 0.4) is 0 Å². The highest BCUT2D eigenvalue weighted by molar-refractivity contribution is 7.89. The van der Waals surface area contributed by atoms with E-state index in [4.69, 9.17) is 0 Å². The number of benzene rings is 1. The Kier molecular flexibility index (Phi) is 5.75. The first-order valence-electron chi connectivity index (χ1n) is 7.47. The Bertz CT molecular complexity index is 560. The van der Waals surface area contributed by atoms with E-state index >= 15 is 0 Å². The van der Waals surface area contributed by atoms with Crippen LogP contribution in [0.15, 0.2) is 29.2 Å². The van der Waals surface area contributed by atoms with Crippen LogP contribution in [0, 0.1) is 0 Å². The van der Waals surface area contributed by atoms with Gasteiger partial charge < -0.3 is 10.2 Å². The molecule has 0 aliphatic carbocycles. The van der Waals surface area contributed by atoms with E-state index in [1.54, 1.807) is 12.1 Å². The Morgan fingerprint density at radius 2 is 2.05 bits per heavy atom. The number of rotatable bonds is 6. The molecule has 0 spiro atoms. The number of likely N-dealkylation sites (N-methyl/N-ethyl adjacent to an activating group) is 1. The molecule has 1 aromatic rings. The van der Waals surface area contributed by atoms with Crippen molar-refractivity contribution in [3.63, 3.8) is 0 Å². The molecule has 1 aliphatic heterocycles. The van der Waals surface area contributed by atoms with Gasteiger partial charge >= 0.3 is 0 Å². The van der Waals surface area contributed by atoms with Crippen molar-refractivity contribution in [2.45, 2.75) is 36.7 Å². The van der Waals surface area contributed by atoms with E-state index in [1.165, 1.54) is 12.8 Å². The van der Waals surface area contributed by atoms with Crippen LogP contribution in [0.4, 0.5) is 0 Å². The predicted molar refractivity (Wildman–Crippen MR) is 84.7 cm³/mol. The Morgan fingerprint density at radius 1 is 1.29 bits per heavy atom. The first-order chi connectivity index (χ1) is 10.0. The maximum atomic E-state index is 12.5. The molecule has 6 heteroatoms. The van der Waals surface area contributed by atoms with E-state index in [0.29, 0.717) is 24.0 Å². The molecule has 5 nitrogen and oxygen atoms in total. The number of piperidine rings is 1. The summed E-state index contributed by atoms with van der Waals surface area (Å²) in [5, 5.41) is 3.01. The van der Waals surface area contributed by atoms with E-state index in [-0.39, 0.29) is 0 Å². The molecule has 0 bridgehead atoms. The Balaban J connectivity index is 2.08. The summed E-state index contributed by atoms with van der Waals surface area (Å²) in [6, 6.07) is 7.43. The predicted octanol–water partition coefficient (Wildman–Crippen LogP) is 1.17. The van der Waals surface area contributed by atoms with E-state index in [9.17, 15) is 8.42 Å². The zero-order valence-electron chi connectivity index (χ0n) is 12.8. The Morgan fingerprint density at radius 3 is 2.76 bits per heavy atom. The highest BCUT2D eigenvalue weighted by Crippen LogP contribution is 2.17. The maximum absolute atomic E-state index is 12.5. The van der Waals surface area contributed by atoms with Gasteiger partial charge in [0.1, 0.15) is 0 Å². The molecule has 118 valence electrons. The minimum Gasteiger partial charge on any atom is -0.316 e. The number of hydrogen-bond donors (Lipinski definition) is 2. The van der Waals surface area contributed by atoms with E-state index < -0.39 is 10.0 Å². The van der Waals surface area contributed by atoms with Crippen molar-refractivity contribution < 1.29 is 8.42 Å². The third-order valence-electron chi connectivity index (χ3n) is 4.06. The third-order valence-corrected chi connectivity index (χ3v) is 5.58. The molecular formula is C15H25N3O2S. The molecule has 1 atom stereocenters. The topological polar surface area (TPSA) is 61.4 Å². The number of nitrogens with zero attached hydrogens (tertiary/aromatic N) is 1. The van der Waals surface area contributed by atoms with Gasteiger partial charge in [0.15, 0.2) is 0 Å². The molecule has 2 rings (SSSR count). The van der Waals surface area contributed by atoms with Crippen LogP contribution in [0.25, 0.3) is 0 Å². The van der Waals surface area contributed by atoms with Gasteiger partial charge in [-0.05, 0) is 45.1 Å². The lowest BCUT2D eigenvalue weighted by molar-refractivity contribution is 0.187. The van der Waals surface area contributed by atoms with Crippen LogP contribution in [0.5, 0.6) is 0 Å². The van der Waals surface area contributed by atoms with Crippen molar-refractivity contribution in [1.29, 1.82) is 0 Å². The minimum atomic E-state index is -3.45. The van der Waals surface area contributed by atoms with Gasteiger partial charge in [-0.25, -0.2) is 13.1 Å². The summed E-state index contributed by atoms with van der Waals surface area (Å²) < 4.78 is 27.8. The van der Waals surface area contributed by atoms with Crippen molar-refractivity contribution in [3.05, 3.63) is 29.8 Å². The van der Waals surface area contributed by atoms with Crippen LogP contribution in [0.2, 0.25) is 0 Å². The fourth-order valence-corrected chi connectivity index (χ4v) is 4.10. The smallest absolute Gasteiger partial charge is 0.240 e. The van der Waals surface area contributed by atoms with E-state index in [0.717, 1.165) is 18.5 Å². The molecule has 21 heavy (non-hydrogen) atoms. The van der Waals surface area contributed by atoms with Crippen LogP contribution >= 0.6 is 0 Å². The van der Waals surface area contributed by atoms with Gasteiger partial charge in [-0.3, -0.25) is 0 Å². The zero-order valence-corrected chi connectivity index (χ0v) is 13.6. The quantitative estimate of drug-likeness (QED) is 0.828. The summed E-state index contributed by atoms with van der Waals surface area (Å²) in [6.07, 6.45) is 3.43. The second-order valence-corrected chi connectivity index (χ2v) is 7.36. The summed E-state index contributed by atoms with van der Waals surface area (Å²) in [6.45, 7) is 2.07. The molecule has 1 unspecified atom stereocenters. The van der Waals surface area contributed by atoms with E-state index in [2.05, 4.69) is 22.0 Å². The highest BCUT2D eigenvalue weighted by atomic mass is 32.2. The summed E-state index contributed by atoms with van der Waals surface area (Å²) >= 11 is 0. The molecule has 1 aromatic carbocycles. The van der Waals surface area contributed by atoms with Crippen molar-refractivity contribution in [3.8, 4) is 0 Å². The summed E-state index contributed by atoms with van der Waals surface area (Å²) in [7, 11) is 0.423. The number of hydrogen-bond acceptors (Lipinski definition) is 4. The van der Waals surface area contributed by atoms with E-state index in [1.807, 2.05) is 19.2 Å². The lowest BCUT2D eigenvalue weighted by atomic mass is 10.0. The van der Waals surface area contributed by atoms with Crippen LogP contribution in [-0.4, -0.2) is 46.5 Å². The van der Waals surface area contributed by atoms with Crippen LogP contribution < -0.4 is 10.0 Å². The zero-order chi connectivity index (χ0) is 15.3. The Labute approximate surface area is 127 Å². The average Bonchev–Trinajstić information content (AvgIpc) is 2.47. The number of likely N-dealkylation sites (tertiary alicyclic amines) is 1. The molecule has 0 radical (unpaired) electrons. The molecular weight excluding hydrogens is 286 g/mol. The maximum Gasteiger partial charge on any atom is 0.240 e. The normalized spacial score (nSPS) is 20.6. The fraction of sp³-hybridized carbons (Fsp3) is 0.600. The largest absolute Gasteiger partial charge is 0.316 e. The van der Waals surface area contributed by atoms with Gasteiger partial charge in [-0.1, -0.05) is 24.6 Å². The molecule has 0 amide bonds. The van der Waals surface area contributed by atoms with Gasteiger partial charge in [-0.15, -0.1) is 0 Å². The van der Waals surface area contributed by atoms with Gasteiger partial charge in [0.2, 0.25) is 10.0 Å². The lowest BCUT2D eigenvalue weighted by Crippen LogP contribution is -2.44. The number of sulfonamides is 1.